The molecule has 3 rings (SSSR count). The van der Waals surface area contributed by atoms with Crippen molar-refractivity contribution in [1.29, 1.82) is 0 Å². The van der Waals surface area contributed by atoms with Crippen LogP contribution in [-0.2, 0) is 12.7 Å². The smallest absolute Gasteiger partial charge is 0.345 e. The Morgan fingerprint density at radius 3 is 2.47 bits per heavy atom. The van der Waals surface area contributed by atoms with E-state index in [1.807, 2.05) is 13.8 Å². The van der Waals surface area contributed by atoms with Gasteiger partial charge in [-0.05, 0) is 43.5 Å². The van der Waals surface area contributed by atoms with Crippen molar-refractivity contribution in [3.05, 3.63) is 73.6 Å². The lowest BCUT2D eigenvalue weighted by Gasteiger charge is -2.18. The van der Waals surface area contributed by atoms with E-state index in [4.69, 9.17) is 0 Å². The number of nitrogens with one attached hydrogen (secondary N) is 2. The summed E-state index contributed by atoms with van der Waals surface area (Å²) in [5.74, 6) is -0.762. The lowest BCUT2D eigenvalue weighted by Crippen LogP contribution is -2.34. The van der Waals surface area contributed by atoms with Gasteiger partial charge < -0.3 is 5.32 Å². The second kappa shape index (κ2) is 8.60. The van der Waals surface area contributed by atoms with Gasteiger partial charge in [-0.15, -0.1) is 0 Å². The van der Waals surface area contributed by atoms with Gasteiger partial charge in [-0.1, -0.05) is 26.0 Å². The van der Waals surface area contributed by atoms with Crippen LogP contribution in [0.4, 0.5) is 13.2 Å². The number of halogens is 3. The number of fused-ring (bicyclic) bond motifs is 1. The summed E-state index contributed by atoms with van der Waals surface area (Å²) < 4.78 is 40.4. The minimum absolute atomic E-state index is 0.000904. The minimum atomic E-state index is -4.51. The first-order valence-corrected chi connectivity index (χ1v) is 10.1. The van der Waals surface area contributed by atoms with Crippen LogP contribution in [0.5, 0.6) is 0 Å². The molecule has 1 aromatic carbocycles. The second-order valence-electron chi connectivity index (χ2n) is 7.77. The molecule has 0 aliphatic rings. The molecule has 2 heterocycles. The number of nitrogens with zero attached hydrogens (tertiary/aromatic N) is 2. The summed E-state index contributed by atoms with van der Waals surface area (Å²) in [6.45, 7) is 7.18. The molecule has 170 valence electrons. The van der Waals surface area contributed by atoms with E-state index in [9.17, 15) is 27.6 Å². The van der Waals surface area contributed by atoms with E-state index in [-0.39, 0.29) is 34.6 Å². The van der Waals surface area contributed by atoms with E-state index >= 15 is 0 Å². The van der Waals surface area contributed by atoms with Crippen LogP contribution in [0.2, 0.25) is 0 Å². The molecule has 0 radical (unpaired) electrons. The molecule has 1 atom stereocenters. The average molecular weight is 448 g/mol. The van der Waals surface area contributed by atoms with Gasteiger partial charge in [0.15, 0.2) is 5.65 Å². The van der Waals surface area contributed by atoms with Gasteiger partial charge in [0.25, 0.3) is 11.5 Å². The molecule has 10 heteroatoms. The molecule has 0 aliphatic carbocycles. The van der Waals surface area contributed by atoms with Gasteiger partial charge in [0.1, 0.15) is 0 Å². The number of carbonyl (C=O) groups excluding carboxylic acids is 1. The Labute approximate surface area is 181 Å². The number of alkyl halides is 3. The molecule has 0 aliphatic heterocycles. The third-order valence-electron chi connectivity index (χ3n) is 5.18. The summed E-state index contributed by atoms with van der Waals surface area (Å²) >= 11 is 0. The molecule has 1 amide bonds. The summed E-state index contributed by atoms with van der Waals surface area (Å²) in [6, 6.07) is 5.37. The number of carbonyl (C=O) groups is 1. The van der Waals surface area contributed by atoms with Crippen LogP contribution in [0.25, 0.3) is 11.0 Å². The van der Waals surface area contributed by atoms with Gasteiger partial charge in [-0.3, -0.25) is 19.1 Å². The Kier molecular flexibility index (Phi) is 6.25. The zero-order valence-electron chi connectivity index (χ0n) is 18.0. The SMILES string of the molecule is CCn1c(=O)[nH]c(=O)c2c(C(=O)NC(C)c3cccc(C(F)(F)F)c3)cc(C(C)C)nc21. The molecule has 3 aromatic rings. The van der Waals surface area contributed by atoms with E-state index in [1.165, 1.54) is 22.8 Å². The molecule has 1 unspecified atom stereocenters. The molecule has 2 aromatic heterocycles. The number of benzene rings is 1. The van der Waals surface area contributed by atoms with E-state index in [0.717, 1.165) is 12.1 Å². The van der Waals surface area contributed by atoms with Crippen LogP contribution in [-0.4, -0.2) is 20.4 Å². The lowest BCUT2D eigenvalue weighted by atomic mass is 10.0. The number of aromatic amines is 1. The van der Waals surface area contributed by atoms with Crippen molar-refractivity contribution in [2.75, 3.05) is 0 Å². The lowest BCUT2D eigenvalue weighted by molar-refractivity contribution is -0.137. The summed E-state index contributed by atoms with van der Waals surface area (Å²) in [5, 5.41) is 2.60. The van der Waals surface area contributed by atoms with E-state index in [0.29, 0.717) is 5.69 Å². The standard InChI is InChI=1S/C22H23F3N4O3/c1-5-29-18-17(20(31)28-21(29)32)15(10-16(27-18)11(2)3)19(30)26-12(4)13-7-6-8-14(9-13)22(23,24)25/h6-12H,5H2,1-4H3,(H,26,30)(H,28,31,32). The Morgan fingerprint density at radius 2 is 1.88 bits per heavy atom. The fraction of sp³-hybridized carbons (Fsp3) is 0.364. The third-order valence-corrected chi connectivity index (χ3v) is 5.18. The van der Waals surface area contributed by atoms with Crippen LogP contribution >= 0.6 is 0 Å². The highest BCUT2D eigenvalue weighted by atomic mass is 19.4. The molecule has 0 spiro atoms. The molecule has 7 nitrogen and oxygen atoms in total. The molecule has 0 fully saturated rings. The zero-order chi connectivity index (χ0) is 23.8. The Balaban J connectivity index is 2.10. The quantitative estimate of drug-likeness (QED) is 0.622. The van der Waals surface area contributed by atoms with Gasteiger partial charge >= 0.3 is 11.9 Å². The number of hydrogen-bond donors (Lipinski definition) is 2. The molecule has 0 saturated carbocycles. The predicted octanol–water partition coefficient (Wildman–Crippen LogP) is 3.74. The van der Waals surface area contributed by atoms with Crippen LogP contribution in [0.15, 0.2) is 39.9 Å². The molecule has 0 saturated heterocycles. The molecular formula is C22H23F3N4O3. The van der Waals surface area contributed by atoms with Crippen LogP contribution in [0.3, 0.4) is 0 Å². The van der Waals surface area contributed by atoms with Crippen molar-refractivity contribution in [3.8, 4) is 0 Å². The Bertz CT molecular complexity index is 1290. The first-order valence-electron chi connectivity index (χ1n) is 10.1. The van der Waals surface area contributed by atoms with Crippen molar-refractivity contribution in [3.63, 3.8) is 0 Å². The average Bonchev–Trinajstić information content (AvgIpc) is 2.72. The number of rotatable bonds is 5. The monoisotopic (exact) mass is 448 g/mol. The van der Waals surface area contributed by atoms with Crippen molar-refractivity contribution in [1.82, 2.24) is 19.9 Å². The third kappa shape index (κ3) is 4.44. The normalized spacial score (nSPS) is 12.9. The maximum atomic E-state index is 13.1. The fourth-order valence-electron chi connectivity index (χ4n) is 3.40. The van der Waals surface area contributed by atoms with E-state index < -0.39 is 34.9 Å². The topological polar surface area (TPSA) is 96.9 Å². The maximum Gasteiger partial charge on any atom is 0.416 e. The summed E-state index contributed by atoms with van der Waals surface area (Å²) in [5.41, 5.74) is -1.37. The van der Waals surface area contributed by atoms with E-state index in [2.05, 4.69) is 15.3 Å². The maximum absolute atomic E-state index is 13.1. The largest absolute Gasteiger partial charge is 0.416 e. The number of hydrogen-bond acceptors (Lipinski definition) is 4. The Hall–Kier alpha value is -3.43. The van der Waals surface area contributed by atoms with E-state index in [1.54, 1.807) is 13.8 Å². The second-order valence-corrected chi connectivity index (χ2v) is 7.77. The van der Waals surface area contributed by atoms with Crippen molar-refractivity contribution < 1.29 is 18.0 Å². The number of aromatic nitrogens is 3. The van der Waals surface area contributed by atoms with Gasteiger partial charge in [0.2, 0.25) is 0 Å². The van der Waals surface area contributed by atoms with Crippen LogP contribution in [0, 0.1) is 0 Å². The molecular weight excluding hydrogens is 425 g/mol. The summed E-state index contributed by atoms with van der Waals surface area (Å²) in [6.07, 6.45) is -4.51. The minimum Gasteiger partial charge on any atom is -0.345 e. The molecule has 0 bridgehead atoms. The van der Waals surface area contributed by atoms with Crippen LogP contribution in [0.1, 0.15) is 66.8 Å². The number of H-pyrrole nitrogens is 1. The zero-order valence-corrected chi connectivity index (χ0v) is 18.0. The first-order chi connectivity index (χ1) is 14.9. The molecule has 2 N–H and O–H groups in total. The highest BCUT2D eigenvalue weighted by molar-refractivity contribution is 6.05. The number of amides is 1. The van der Waals surface area contributed by atoms with Crippen molar-refractivity contribution in [2.24, 2.45) is 0 Å². The summed E-state index contributed by atoms with van der Waals surface area (Å²) in [4.78, 5) is 44.5. The van der Waals surface area contributed by atoms with Crippen LogP contribution < -0.4 is 16.6 Å². The fourth-order valence-corrected chi connectivity index (χ4v) is 3.40. The van der Waals surface area contributed by atoms with Gasteiger partial charge in [-0.2, -0.15) is 13.2 Å². The predicted molar refractivity (Wildman–Crippen MR) is 114 cm³/mol. The summed E-state index contributed by atoms with van der Waals surface area (Å²) in [7, 11) is 0. The van der Waals surface area contributed by atoms with Crippen molar-refractivity contribution >= 4 is 16.9 Å². The highest BCUT2D eigenvalue weighted by Crippen LogP contribution is 2.31. The number of aryl methyl sites for hydroxylation is 1. The first kappa shape index (κ1) is 23.2. The van der Waals surface area contributed by atoms with Crippen molar-refractivity contribution in [2.45, 2.75) is 52.4 Å². The van der Waals surface area contributed by atoms with Gasteiger partial charge in [-0.25, -0.2) is 9.78 Å². The Morgan fingerprint density at radius 1 is 1.19 bits per heavy atom. The number of pyridine rings is 1. The highest BCUT2D eigenvalue weighted by Gasteiger charge is 2.31. The van der Waals surface area contributed by atoms with Gasteiger partial charge in [0, 0.05) is 12.2 Å². The molecule has 32 heavy (non-hydrogen) atoms. The van der Waals surface area contributed by atoms with Gasteiger partial charge in [0.05, 0.1) is 22.6 Å².